The summed E-state index contributed by atoms with van der Waals surface area (Å²) in [6, 6.07) is 6.74. The van der Waals surface area contributed by atoms with Crippen molar-refractivity contribution in [1.29, 1.82) is 0 Å². The summed E-state index contributed by atoms with van der Waals surface area (Å²) in [5.41, 5.74) is 4.23. The Kier molecular flexibility index (Phi) is 4.01. The average Bonchev–Trinajstić information content (AvgIpc) is 2.12. The fraction of sp³-hybridized carbons (Fsp3) is 0.462. The second-order valence-corrected chi connectivity index (χ2v) is 3.70. The Morgan fingerprint density at radius 1 is 1.15 bits per heavy atom. The van der Waals surface area contributed by atoms with Crippen LogP contribution >= 0.6 is 0 Å². The summed E-state index contributed by atoms with van der Waals surface area (Å²) in [4.78, 5) is 0. The fourth-order valence-corrected chi connectivity index (χ4v) is 1.40. The topological polar surface area (TPSA) is 0 Å². The Morgan fingerprint density at radius 3 is 2.54 bits per heavy atom. The molecule has 0 heteroatoms. The molecule has 0 spiro atoms. The van der Waals surface area contributed by atoms with Gasteiger partial charge in [0, 0.05) is 0 Å². The highest BCUT2D eigenvalue weighted by Gasteiger charge is 1.96. The number of aryl methyl sites for hydroxylation is 2. The van der Waals surface area contributed by atoms with Crippen LogP contribution in [0.4, 0.5) is 0 Å². The summed E-state index contributed by atoms with van der Waals surface area (Å²) in [6.07, 6.45) is 5.97. The van der Waals surface area contributed by atoms with E-state index in [0.717, 1.165) is 6.42 Å². The van der Waals surface area contributed by atoms with Gasteiger partial charge in [-0.05, 0) is 43.4 Å². The van der Waals surface area contributed by atoms with E-state index >= 15 is 0 Å². The van der Waals surface area contributed by atoms with Crippen molar-refractivity contribution in [2.75, 3.05) is 0 Å². The van der Waals surface area contributed by atoms with Crippen LogP contribution in [-0.4, -0.2) is 0 Å². The molecule has 0 aliphatic heterocycles. The molecule has 0 saturated heterocycles. The first-order valence-electron chi connectivity index (χ1n) is 5.12. The van der Waals surface area contributed by atoms with Gasteiger partial charge >= 0.3 is 0 Å². The van der Waals surface area contributed by atoms with E-state index in [0.29, 0.717) is 0 Å². The smallest absolute Gasteiger partial charge is 0.0248 e. The van der Waals surface area contributed by atoms with Gasteiger partial charge in [0.1, 0.15) is 0 Å². The molecule has 0 amide bonds. The number of rotatable bonds is 4. The molecule has 0 N–H and O–H groups in total. The molecule has 0 nitrogen and oxygen atoms in total. The van der Waals surface area contributed by atoms with Crippen molar-refractivity contribution in [3.63, 3.8) is 0 Å². The second kappa shape index (κ2) is 5.06. The summed E-state index contributed by atoms with van der Waals surface area (Å²) in [5, 5.41) is 0. The van der Waals surface area contributed by atoms with Crippen LogP contribution in [0.2, 0.25) is 0 Å². The zero-order valence-corrected chi connectivity index (χ0v) is 8.93. The van der Waals surface area contributed by atoms with Crippen LogP contribution in [0.15, 0.2) is 18.2 Å². The Labute approximate surface area is 82.0 Å². The highest BCUT2D eigenvalue weighted by atomic mass is 14.0. The maximum absolute atomic E-state index is 2.37. The molecular formula is C13H19. The van der Waals surface area contributed by atoms with Crippen LogP contribution in [0.5, 0.6) is 0 Å². The summed E-state index contributed by atoms with van der Waals surface area (Å²) >= 11 is 0. The molecule has 1 aromatic carbocycles. The summed E-state index contributed by atoms with van der Waals surface area (Å²) in [7, 11) is 0. The zero-order valence-electron chi connectivity index (χ0n) is 8.93. The quantitative estimate of drug-likeness (QED) is 0.610. The van der Waals surface area contributed by atoms with E-state index < -0.39 is 0 Å². The molecule has 71 valence electrons. The van der Waals surface area contributed by atoms with E-state index in [4.69, 9.17) is 0 Å². The number of hydrogen-bond donors (Lipinski definition) is 0. The van der Waals surface area contributed by atoms with Crippen molar-refractivity contribution in [2.45, 2.75) is 40.0 Å². The van der Waals surface area contributed by atoms with Gasteiger partial charge in [-0.2, -0.15) is 0 Å². The van der Waals surface area contributed by atoms with Crippen molar-refractivity contribution >= 4 is 0 Å². The molecule has 0 aromatic heterocycles. The Morgan fingerprint density at radius 2 is 1.92 bits per heavy atom. The van der Waals surface area contributed by atoms with Crippen molar-refractivity contribution in [1.82, 2.24) is 0 Å². The first-order chi connectivity index (χ1) is 6.24. The van der Waals surface area contributed by atoms with Crippen molar-refractivity contribution in [3.05, 3.63) is 41.3 Å². The van der Waals surface area contributed by atoms with Gasteiger partial charge < -0.3 is 0 Å². The van der Waals surface area contributed by atoms with Crippen LogP contribution in [0.1, 0.15) is 36.5 Å². The third kappa shape index (κ3) is 3.22. The van der Waals surface area contributed by atoms with Gasteiger partial charge in [0.2, 0.25) is 0 Å². The van der Waals surface area contributed by atoms with Crippen LogP contribution in [0.3, 0.4) is 0 Å². The van der Waals surface area contributed by atoms with Gasteiger partial charge in [-0.1, -0.05) is 38.0 Å². The first-order valence-corrected chi connectivity index (χ1v) is 5.12. The van der Waals surface area contributed by atoms with Crippen LogP contribution in [0, 0.1) is 20.3 Å². The third-order valence-electron chi connectivity index (χ3n) is 2.44. The minimum absolute atomic E-state index is 1.12. The molecule has 0 saturated carbocycles. The Bertz CT molecular complexity index is 261. The molecule has 0 aliphatic rings. The molecular weight excluding hydrogens is 156 g/mol. The van der Waals surface area contributed by atoms with E-state index in [-0.39, 0.29) is 0 Å². The molecule has 0 heterocycles. The lowest BCUT2D eigenvalue weighted by atomic mass is 10.0. The Hall–Kier alpha value is -0.780. The van der Waals surface area contributed by atoms with Crippen molar-refractivity contribution in [2.24, 2.45) is 0 Å². The van der Waals surface area contributed by atoms with E-state index in [1.54, 1.807) is 0 Å². The van der Waals surface area contributed by atoms with E-state index in [1.165, 1.54) is 29.5 Å². The first kappa shape index (κ1) is 10.3. The molecule has 0 unspecified atom stereocenters. The van der Waals surface area contributed by atoms with Gasteiger partial charge in [0.15, 0.2) is 0 Å². The highest BCUT2D eigenvalue weighted by molar-refractivity contribution is 5.30. The summed E-state index contributed by atoms with van der Waals surface area (Å²) < 4.78 is 0. The zero-order chi connectivity index (χ0) is 9.68. The van der Waals surface area contributed by atoms with Crippen molar-refractivity contribution < 1.29 is 0 Å². The SMILES string of the molecule is CCC[CH]Cc1ccc(C)c(C)c1. The molecule has 13 heavy (non-hydrogen) atoms. The van der Waals surface area contributed by atoms with E-state index in [1.807, 2.05) is 0 Å². The van der Waals surface area contributed by atoms with Gasteiger partial charge in [0.05, 0.1) is 0 Å². The highest BCUT2D eigenvalue weighted by Crippen LogP contribution is 2.12. The number of hydrogen-bond acceptors (Lipinski definition) is 0. The van der Waals surface area contributed by atoms with Gasteiger partial charge in [-0.25, -0.2) is 0 Å². The van der Waals surface area contributed by atoms with Crippen LogP contribution in [0.25, 0.3) is 0 Å². The molecule has 0 aliphatic carbocycles. The van der Waals surface area contributed by atoms with Crippen molar-refractivity contribution in [3.8, 4) is 0 Å². The van der Waals surface area contributed by atoms with E-state index in [9.17, 15) is 0 Å². The molecule has 0 atom stereocenters. The lowest BCUT2D eigenvalue weighted by Crippen LogP contribution is -1.89. The molecule has 0 fully saturated rings. The Balaban J connectivity index is 2.53. The summed E-state index contributed by atoms with van der Waals surface area (Å²) in [5.74, 6) is 0. The van der Waals surface area contributed by atoms with Crippen LogP contribution < -0.4 is 0 Å². The number of benzene rings is 1. The maximum atomic E-state index is 2.37. The standard InChI is InChI=1S/C13H19/c1-4-5-6-7-13-9-8-11(2)12(3)10-13/h6,8-10H,4-5,7H2,1-3H3. The van der Waals surface area contributed by atoms with Crippen LogP contribution in [-0.2, 0) is 6.42 Å². The summed E-state index contributed by atoms with van der Waals surface area (Å²) in [6.45, 7) is 6.56. The minimum Gasteiger partial charge on any atom is -0.0654 e. The maximum Gasteiger partial charge on any atom is -0.0248 e. The molecule has 1 aromatic rings. The average molecular weight is 175 g/mol. The molecule has 0 bridgehead atoms. The lowest BCUT2D eigenvalue weighted by molar-refractivity contribution is 0.863. The predicted molar refractivity (Wildman–Crippen MR) is 58.8 cm³/mol. The lowest BCUT2D eigenvalue weighted by Gasteiger charge is -2.04. The fourth-order valence-electron chi connectivity index (χ4n) is 1.40. The second-order valence-electron chi connectivity index (χ2n) is 3.70. The number of unbranched alkanes of at least 4 members (excludes halogenated alkanes) is 2. The normalized spacial score (nSPS) is 10.4. The molecule has 1 rings (SSSR count). The monoisotopic (exact) mass is 175 g/mol. The molecule has 1 radical (unpaired) electrons. The largest absolute Gasteiger partial charge is 0.0654 e. The third-order valence-corrected chi connectivity index (χ3v) is 2.44. The van der Waals surface area contributed by atoms with Gasteiger partial charge in [-0.3, -0.25) is 0 Å². The van der Waals surface area contributed by atoms with Gasteiger partial charge in [-0.15, -0.1) is 0 Å². The van der Waals surface area contributed by atoms with Gasteiger partial charge in [0.25, 0.3) is 0 Å². The predicted octanol–water partition coefficient (Wildman–Crippen LogP) is 3.85. The van der Waals surface area contributed by atoms with E-state index in [2.05, 4.69) is 45.4 Å². The minimum atomic E-state index is 1.12.